The molecule has 0 amide bonds. The van der Waals surface area contributed by atoms with Crippen LogP contribution in [0.15, 0.2) is 6.33 Å². The fraction of sp³-hybridized carbons (Fsp3) is 0.700. The molecule has 0 aliphatic carbocycles. The van der Waals surface area contributed by atoms with E-state index in [1.165, 1.54) is 6.33 Å². The monoisotopic (exact) mass is 226 g/mol. The van der Waals surface area contributed by atoms with E-state index in [0.29, 0.717) is 11.7 Å². The van der Waals surface area contributed by atoms with Crippen LogP contribution in [0.5, 0.6) is 0 Å². The summed E-state index contributed by atoms with van der Waals surface area (Å²) in [5, 5.41) is 13.9. The van der Waals surface area contributed by atoms with Gasteiger partial charge in [0.25, 0.3) is 0 Å². The smallest absolute Gasteiger partial charge is 0.362 e. The Morgan fingerprint density at radius 3 is 2.75 bits per heavy atom. The molecule has 6 heteroatoms. The van der Waals surface area contributed by atoms with Gasteiger partial charge in [0, 0.05) is 13.1 Å². The van der Waals surface area contributed by atoms with Crippen molar-refractivity contribution in [2.24, 2.45) is 13.0 Å². The first-order chi connectivity index (χ1) is 7.47. The van der Waals surface area contributed by atoms with Crippen molar-refractivity contribution in [2.45, 2.75) is 33.2 Å². The zero-order valence-electron chi connectivity index (χ0n) is 10.1. The summed E-state index contributed by atoms with van der Waals surface area (Å²) in [7, 11) is 1.74. The van der Waals surface area contributed by atoms with Crippen molar-refractivity contribution in [3.8, 4) is 0 Å². The molecule has 0 bridgehead atoms. The van der Waals surface area contributed by atoms with Crippen LogP contribution in [0.2, 0.25) is 0 Å². The molecule has 2 atom stereocenters. The van der Waals surface area contributed by atoms with Crippen LogP contribution in [-0.2, 0) is 7.05 Å². The molecular formula is C10H18N4O2. The number of hydrogen-bond donors (Lipinski definition) is 1. The molecule has 0 spiro atoms. The highest BCUT2D eigenvalue weighted by Crippen LogP contribution is 2.23. The third-order valence-electron chi connectivity index (χ3n) is 2.95. The van der Waals surface area contributed by atoms with E-state index < -0.39 is 4.92 Å². The summed E-state index contributed by atoms with van der Waals surface area (Å²) in [4.78, 5) is 14.0. The summed E-state index contributed by atoms with van der Waals surface area (Å²) in [6.07, 6.45) is 2.48. The number of rotatable bonds is 5. The van der Waals surface area contributed by atoms with Gasteiger partial charge in [-0.05, 0) is 22.7 Å². The van der Waals surface area contributed by atoms with Crippen LogP contribution in [0.1, 0.15) is 27.2 Å². The molecule has 1 N–H and O–H groups in total. The van der Waals surface area contributed by atoms with E-state index in [1.807, 2.05) is 6.92 Å². The molecule has 16 heavy (non-hydrogen) atoms. The molecule has 0 aromatic carbocycles. The molecule has 0 saturated carbocycles. The molecule has 0 aliphatic rings. The highest BCUT2D eigenvalue weighted by molar-refractivity contribution is 5.52. The lowest BCUT2D eigenvalue weighted by Gasteiger charge is -2.20. The number of aromatic nitrogens is 2. The van der Waals surface area contributed by atoms with Crippen molar-refractivity contribution < 1.29 is 4.92 Å². The van der Waals surface area contributed by atoms with E-state index in [4.69, 9.17) is 0 Å². The summed E-state index contributed by atoms with van der Waals surface area (Å²) < 4.78 is 1.64. The van der Waals surface area contributed by atoms with Gasteiger partial charge in [0.15, 0.2) is 0 Å². The zero-order chi connectivity index (χ0) is 12.3. The molecule has 1 heterocycles. The lowest BCUT2D eigenvalue weighted by atomic mass is 10.0. The van der Waals surface area contributed by atoms with Gasteiger partial charge in [0.1, 0.15) is 0 Å². The Labute approximate surface area is 94.8 Å². The Kier molecular flexibility index (Phi) is 3.87. The van der Waals surface area contributed by atoms with Gasteiger partial charge in [-0.2, -0.15) is 0 Å². The van der Waals surface area contributed by atoms with E-state index in [-0.39, 0.29) is 11.9 Å². The zero-order valence-corrected chi connectivity index (χ0v) is 10.1. The number of nitrogens with one attached hydrogen (secondary N) is 1. The average Bonchev–Trinajstić information content (AvgIpc) is 2.59. The van der Waals surface area contributed by atoms with Crippen molar-refractivity contribution in [1.29, 1.82) is 0 Å². The summed E-state index contributed by atoms with van der Waals surface area (Å²) in [5.74, 6) is 0.810. The Bertz CT molecular complexity index is 375. The predicted octanol–water partition coefficient (Wildman–Crippen LogP) is 2.17. The number of hydrogen-bond acceptors (Lipinski definition) is 4. The Morgan fingerprint density at radius 1 is 1.62 bits per heavy atom. The minimum atomic E-state index is -0.467. The van der Waals surface area contributed by atoms with Crippen LogP contribution in [0.4, 0.5) is 11.6 Å². The van der Waals surface area contributed by atoms with Crippen molar-refractivity contribution in [1.82, 2.24) is 9.55 Å². The molecule has 0 fully saturated rings. The maximum absolute atomic E-state index is 10.7. The SMILES string of the molecule is CCC(C)C(C)Nc1c([N+](=O)[O-])ncn1C. The summed E-state index contributed by atoms with van der Waals surface area (Å²) >= 11 is 0. The molecule has 1 aromatic heterocycles. The van der Waals surface area contributed by atoms with E-state index >= 15 is 0 Å². The molecule has 0 radical (unpaired) electrons. The van der Waals surface area contributed by atoms with Gasteiger partial charge in [-0.15, -0.1) is 0 Å². The van der Waals surface area contributed by atoms with Crippen molar-refractivity contribution in [3.63, 3.8) is 0 Å². The van der Waals surface area contributed by atoms with Gasteiger partial charge in [-0.1, -0.05) is 20.3 Å². The van der Waals surface area contributed by atoms with E-state index in [9.17, 15) is 10.1 Å². The van der Waals surface area contributed by atoms with E-state index in [0.717, 1.165) is 6.42 Å². The first kappa shape index (κ1) is 12.5. The molecule has 6 nitrogen and oxygen atoms in total. The summed E-state index contributed by atoms with van der Waals surface area (Å²) in [6, 6.07) is 0.180. The van der Waals surface area contributed by atoms with Crippen LogP contribution in [0, 0.1) is 16.0 Å². The molecule has 2 unspecified atom stereocenters. The maximum Gasteiger partial charge on any atom is 0.406 e. The highest BCUT2D eigenvalue weighted by atomic mass is 16.6. The third kappa shape index (κ3) is 2.50. The average molecular weight is 226 g/mol. The fourth-order valence-corrected chi connectivity index (χ4v) is 1.43. The van der Waals surface area contributed by atoms with E-state index in [1.54, 1.807) is 11.6 Å². The van der Waals surface area contributed by atoms with Gasteiger partial charge in [-0.3, -0.25) is 4.57 Å². The standard InChI is InChI=1S/C10H18N4O2/c1-5-7(2)8(3)12-10-9(14(15)16)11-6-13(10)4/h6-8,12H,5H2,1-4H3. The molecule has 1 aromatic rings. The number of aryl methyl sites for hydroxylation is 1. The van der Waals surface area contributed by atoms with Crippen LogP contribution >= 0.6 is 0 Å². The minimum Gasteiger partial charge on any atom is -0.362 e. The Balaban J connectivity index is 2.87. The van der Waals surface area contributed by atoms with Gasteiger partial charge in [0.2, 0.25) is 12.1 Å². The van der Waals surface area contributed by atoms with Gasteiger partial charge >= 0.3 is 5.82 Å². The quantitative estimate of drug-likeness (QED) is 0.617. The number of nitro groups is 1. The second kappa shape index (κ2) is 4.96. The van der Waals surface area contributed by atoms with Gasteiger partial charge in [-0.25, -0.2) is 0 Å². The first-order valence-corrected chi connectivity index (χ1v) is 5.39. The van der Waals surface area contributed by atoms with Crippen LogP contribution in [0.3, 0.4) is 0 Å². The minimum absolute atomic E-state index is 0.113. The second-order valence-corrected chi connectivity index (χ2v) is 4.10. The molecule has 1 rings (SSSR count). The Morgan fingerprint density at radius 2 is 2.25 bits per heavy atom. The van der Waals surface area contributed by atoms with E-state index in [2.05, 4.69) is 24.1 Å². The van der Waals surface area contributed by atoms with Crippen LogP contribution in [0.25, 0.3) is 0 Å². The largest absolute Gasteiger partial charge is 0.406 e. The summed E-state index contributed by atoms with van der Waals surface area (Å²) in [5.41, 5.74) is 0. The highest BCUT2D eigenvalue weighted by Gasteiger charge is 2.22. The maximum atomic E-state index is 10.7. The Hall–Kier alpha value is -1.59. The molecule has 90 valence electrons. The molecular weight excluding hydrogens is 208 g/mol. The first-order valence-electron chi connectivity index (χ1n) is 5.39. The molecule has 0 saturated heterocycles. The summed E-state index contributed by atoms with van der Waals surface area (Å²) in [6.45, 7) is 6.23. The number of anilines is 1. The molecule has 0 aliphatic heterocycles. The van der Waals surface area contributed by atoms with Crippen molar-refractivity contribution in [2.75, 3.05) is 5.32 Å². The predicted molar refractivity (Wildman–Crippen MR) is 62.4 cm³/mol. The topological polar surface area (TPSA) is 73.0 Å². The second-order valence-electron chi connectivity index (χ2n) is 4.10. The lowest BCUT2D eigenvalue weighted by Crippen LogP contribution is -2.24. The van der Waals surface area contributed by atoms with Crippen LogP contribution < -0.4 is 5.32 Å². The normalized spacial score (nSPS) is 14.5. The fourth-order valence-electron chi connectivity index (χ4n) is 1.43. The van der Waals surface area contributed by atoms with Crippen molar-refractivity contribution in [3.05, 3.63) is 16.4 Å². The third-order valence-corrected chi connectivity index (χ3v) is 2.95. The lowest BCUT2D eigenvalue weighted by molar-refractivity contribution is -0.388. The number of imidazole rings is 1. The van der Waals surface area contributed by atoms with Crippen LogP contribution in [-0.4, -0.2) is 20.5 Å². The number of nitrogens with zero attached hydrogens (tertiary/aromatic N) is 3. The van der Waals surface area contributed by atoms with Gasteiger partial charge in [0.05, 0.1) is 0 Å². The van der Waals surface area contributed by atoms with Gasteiger partial charge < -0.3 is 15.4 Å². The van der Waals surface area contributed by atoms with Crippen molar-refractivity contribution >= 4 is 11.6 Å².